The molecule has 5 nitrogen and oxygen atoms in total. The van der Waals surface area contributed by atoms with E-state index in [2.05, 4.69) is 14.8 Å². The molecule has 1 aromatic rings. The molecule has 1 atom stereocenters. The summed E-state index contributed by atoms with van der Waals surface area (Å²) in [5.74, 6) is 2.78. The standard InChI is InChI=1S/C13H21N3O2/c17-9-11-2-1-3-12-14-15-13(16(11)12)8-10-4-6-18-7-5-10/h10-11,17H,1-9H2. The number of hydrogen-bond donors (Lipinski definition) is 1. The summed E-state index contributed by atoms with van der Waals surface area (Å²) in [6.07, 6.45) is 6.37. The van der Waals surface area contributed by atoms with Gasteiger partial charge in [0.2, 0.25) is 0 Å². The van der Waals surface area contributed by atoms with Gasteiger partial charge in [0.1, 0.15) is 11.6 Å². The third kappa shape index (κ3) is 2.29. The van der Waals surface area contributed by atoms with E-state index in [0.717, 1.165) is 63.4 Å². The van der Waals surface area contributed by atoms with Crippen molar-refractivity contribution in [2.24, 2.45) is 5.92 Å². The maximum Gasteiger partial charge on any atom is 0.133 e. The van der Waals surface area contributed by atoms with Crippen LogP contribution in [0.1, 0.15) is 43.4 Å². The average molecular weight is 251 g/mol. The molecule has 0 amide bonds. The van der Waals surface area contributed by atoms with Crippen LogP contribution in [0.25, 0.3) is 0 Å². The number of aromatic nitrogens is 3. The van der Waals surface area contributed by atoms with E-state index in [1.54, 1.807) is 0 Å². The van der Waals surface area contributed by atoms with Crippen molar-refractivity contribution in [2.45, 2.75) is 44.6 Å². The van der Waals surface area contributed by atoms with Gasteiger partial charge in [-0.2, -0.15) is 0 Å². The van der Waals surface area contributed by atoms with Crippen LogP contribution in [0.3, 0.4) is 0 Å². The molecule has 5 heteroatoms. The van der Waals surface area contributed by atoms with Gasteiger partial charge in [-0.25, -0.2) is 0 Å². The molecule has 100 valence electrons. The van der Waals surface area contributed by atoms with Crippen LogP contribution in [-0.2, 0) is 17.6 Å². The van der Waals surface area contributed by atoms with E-state index in [-0.39, 0.29) is 12.6 Å². The minimum atomic E-state index is 0.193. The molecule has 0 saturated carbocycles. The lowest BCUT2D eigenvalue weighted by Crippen LogP contribution is -2.25. The number of aliphatic hydroxyl groups is 1. The molecule has 1 unspecified atom stereocenters. The Morgan fingerprint density at radius 2 is 2.06 bits per heavy atom. The maximum atomic E-state index is 9.49. The Balaban J connectivity index is 1.77. The summed E-state index contributed by atoms with van der Waals surface area (Å²) in [5.41, 5.74) is 0. The second-order valence-corrected chi connectivity index (χ2v) is 5.39. The zero-order valence-electron chi connectivity index (χ0n) is 10.7. The number of ether oxygens (including phenoxy) is 1. The van der Waals surface area contributed by atoms with Gasteiger partial charge in [-0.1, -0.05) is 0 Å². The van der Waals surface area contributed by atoms with E-state index in [4.69, 9.17) is 4.74 Å². The summed E-state index contributed by atoms with van der Waals surface area (Å²) < 4.78 is 7.58. The molecular weight excluding hydrogens is 230 g/mol. The molecule has 2 aliphatic rings. The fraction of sp³-hybridized carbons (Fsp3) is 0.846. The Hall–Kier alpha value is -0.940. The number of hydrogen-bond acceptors (Lipinski definition) is 4. The first-order chi connectivity index (χ1) is 8.88. The third-order valence-electron chi connectivity index (χ3n) is 4.16. The van der Waals surface area contributed by atoms with Crippen molar-refractivity contribution in [1.82, 2.24) is 14.8 Å². The first-order valence-corrected chi connectivity index (χ1v) is 6.99. The second-order valence-electron chi connectivity index (χ2n) is 5.39. The summed E-state index contributed by atoms with van der Waals surface area (Å²) in [7, 11) is 0. The molecule has 1 saturated heterocycles. The first kappa shape index (κ1) is 12.1. The third-order valence-corrected chi connectivity index (χ3v) is 4.16. The van der Waals surface area contributed by atoms with Crippen molar-refractivity contribution in [1.29, 1.82) is 0 Å². The van der Waals surface area contributed by atoms with Crippen molar-refractivity contribution in [3.05, 3.63) is 11.6 Å². The predicted molar refractivity (Wildman–Crippen MR) is 66.3 cm³/mol. The highest BCUT2D eigenvalue weighted by Crippen LogP contribution is 2.27. The topological polar surface area (TPSA) is 60.2 Å². The number of rotatable bonds is 3. The maximum absolute atomic E-state index is 9.49. The quantitative estimate of drug-likeness (QED) is 0.874. The van der Waals surface area contributed by atoms with Crippen LogP contribution in [0.5, 0.6) is 0 Å². The molecule has 1 fully saturated rings. The van der Waals surface area contributed by atoms with E-state index in [1.807, 2.05) is 0 Å². The predicted octanol–water partition coefficient (Wildman–Crippen LogP) is 1.12. The Bertz CT molecular complexity index is 399. The van der Waals surface area contributed by atoms with Crippen molar-refractivity contribution in [3.8, 4) is 0 Å². The summed E-state index contributed by atoms with van der Waals surface area (Å²) in [4.78, 5) is 0. The van der Waals surface area contributed by atoms with E-state index in [1.165, 1.54) is 0 Å². The van der Waals surface area contributed by atoms with Crippen molar-refractivity contribution >= 4 is 0 Å². The van der Waals surface area contributed by atoms with Crippen LogP contribution in [0.2, 0.25) is 0 Å². The summed E-state index contributed by atoms with van der Waals surface area (Å²) in [6, 6.07) is 0.193. The molecule has 0 aromatic carbocycles. The molecule has 2 aliphatic heterocycles. The molecule has 3 rings (SSSR count). The Kier molecular flexibility index (Phi) is 3.61. The fourth-order valence-corrected chi connectivity index (χ4v) is 3.10. The van der Waals surface area contributed by atoms with Crippen molar-refractivity contribution in [2.75, 3.05) is 19.8 Å². The number of nitrogens with zero attached hydrogens (tertiary/aromatic N) is 3. The SMILES string of the molecule is OCC1CCCc2nnc(CC3CCOCC3)n21. The highest BCUT2D eigenvalue weighted by Gasteiger charge is 2.26. The molecule has 1 aromatic heterocycles. The molecular formula is C13H21N3O2. The lowest BCUT2D eigenvalue weighted by molar-refractivity contribution is 0.0653. The van der Waals surface area contributed by atoms with Gasteiger partial charge in [0.15, 0.2) is 0 Å². The smallest absolute Gasteiger partial charge is 0.133 e. The number of fused-ring (bicyclic) bond motifs is 1. The van der Waals surface area contributed by atoms with Crippen LogP contribution in [0.15, 0.2) is 0 Å². The van der Waals surface area contributed by atoms with Gasteiger partial charge in [0, 0.05) is 26.1 Å². The molecule has 1 N–H and O–H groups in total. The van der Waals surface area contributed by atoms with Crippen molar-refractivity contribution in [3.63, 3.8) is 0 Å². The normalized spacial score (nSPS) is 25.1. The number of aryl methyl sites for hydroxylation is 1. The van der Waals surface area contributed by atoms with Crippen LogP contribution >= 0.6 is 0 Å². The lowest BCUT2D eigenvalue weighted by Gasteiger charge is -2.26. The van der Waals surface area contributed by atoms with Crippen LogP contribution < -0.4 is 0 Å². The van der Waals surface area contributed by atoms with Gasteiger partial charge in [-0.3, -0.25) is 0 Å². The molecule has 0 aliphatic carbocycles. The van der Waals surface area contributed by atoms with Crippen LogP contribution in [-0.4, -0.2) is 39.7 Å². The molecule has 0 bridgehead atoms. The van der Waals surface area contributed by atoms with Gasteiger partial charge in [0.25, 0.3) is 0 Å². The zero-order valence-corrected chi connectivity index (χ0v) is 10.7. The Labute approximate surface area is 107 Å². The van der Waals surface area contributed by atoms with Crippen LogP contribution in [0.4, 0.5) is 0 Å². The highest BCUT2D eigenvalue weighted by molar-refractivity contribution is 5.03. The van der Waals surface area contributed by atoms with Gasteiger partial charge in [0.05, 0.1) is 12.6 Å². The number of aliphatic hydroxyl groups excluding tert-OH is 1. The average Bonchev–Trinajstić information content (AvgIpc) is 2.83. The summed E-state index contributed by atoms with van der Waals surface area (Å²) >= 11 is 0. The second kappa shape index (κ2) is 5.36. The van der Waals surface area contributed by atoms with E-state index >= 15 is 0 Å². The monoisotopic (exact) mass is 251 g/mol. The van der Waals surface area contributed by atoms with Crippen molar-refractivity contribution < 1.29 is 9.84 Å². The van der Waals surface area contributed by atoms with E-state index < -0.39 is 0 Å². The first-order valence-electron chi connectivity index (χ1n) is 6.99. The Morgan fingerprint density at radius 3 is 2.83 bits per heavy atom. The Morgan fingerprint density at radius 1 is 1.22 bits per heavy atom. The minimum absolute atomic E-state index is 0.193. The molecule has 18 heavy (non-hydrogen) atoms. The van der Waals surface area contributed by atoms with Gasteiger partial charge in [-0.15, -0.1) is 10.2 Å². The molecule has 0 radical (unpaired) electrons. The largest absolute Gasteiger partial charge is 0.394 e. The van der Waals surface area contributed by atoms with Gasteiger partial charge >= 0.3 is 0 Å². The summed E-state index contributed by atoms with van der Waals surface area (Å²) in [6.45, 7) is 1.94. The van der Waals surface area contributed by atoms with Gasteiger partial charge < -0.3 is 14.4 Å². The fourth-order valence-electron chi connectivity index (χ4n) is 3.10. The lowest BCUT2D eigenvalue weighted by atomic mass is 9.95. The van der Waals surface area contributed by atoms with Gasteiger partial charge in [-0.05, 0) is 31.6 Å². The molecule has 3 heterocycles. The highest BCUT2D eigenvalue weighted by atomic mass is 16.5. The summed E-state index contributed by atoms with van der Waals surface area (Å²) in [5, 5.41) is 18.1. The van der Waals surface area contributed by atoms with E-state index in [0.29, 0.717) is 5.92 Å². The zero-order chi connectivity index (χ0) is 12.4. The van der Waals surface area contributed by atoms with E-state index in [9.17, 15) is 5.11 Å². The van der Waals surface area contributed by atoms with Crippen LogP contribution in [0, 0.1) is 5.92 Å². The minimum Gasteiger partial charge on any atom is -0.394 e. The molecule has 0 spiro atoms.